The molecule has 0 aromatic heterocycles. The fourth-order valence-electron chi connectivity index (χ4n) is 2.13. The predicted octanol–water partition coefficient (Wildman–Crippen LogP) is 3.68. The Morgan fingerprint density at radius 2 is 2.24 bits per heavy atom. The molecule has 1 aromatic carbocycles. The zero-order valence-corrected chi connectivity index (χ0v) is 10.6. The Morgan fingerprint density at radius 1 is 1.53 bits per heavy atom. The van der Waals surface area contributed by atoms with Gasteiger partial charge in [0.05, 0.1) is 11.6 Å². The molecule has 0 spiro atoms. The quantitative estimate of drug-likeness (QED) is 0.893. The second-order valence-electron chi connectivity index (χ2n) is 4.46. The third kappa shape index (κ3) is 2.55. The molecule has 0 amide bonds. The molecule has 2 nitrogen and oxygen atoms in total. The van der Waals surface area contributed by atoms with Gasteiger partial charge in [-0.3, -0.25) is 0 Å². The highest BCUT2D eigenvalue weighted by molar-refractivity contribution is 6.32. The molecular formula is C13H17ClFNO. The van der Waals surface area contributed by atoms with Crippen molar-refractivity contribution in [3.8, 4) is 5.75 Å². The average Bonchev–Trinajstić information content (AvgIpc) is 2.20. The summed E-state index contributed by atoms with van der Waals surface area (Å²) >= 11 is 6.00. The van der Waals surface area contributed by atoms with Crippen molar-refractivity contribution < 1.29 is 9.13 Å². The zero-order valence-electron chi connectivity index (χ0n) is 9.88. The third-order valence-electron chi connectivity index (χ3n) is 3.35. The van der Waals surface area contributed by atoms with E-state index in [0.717, 1.165) is 18.4 Å². The van der Waals surface area contributed by atoms with E-state index in [4.69, 9.17) is 22.1 Å². The molecule has 0 aliphatic heterocycles. The topological polar surface area (TPSA) is 35.2 Å². The van der Waals surface area contributed by atoms with Gasteiger partial charge >= 0.3 is 0 Å². The summed E-state index contributed by atoms with van der Waals surface area (Å²) in [6, 6.07) is 3.05. The fraction of sp³-hybridized carbons (Fsp3) is 0.538. The molecule has 0 radical (unpaired) electrons. The van der Waals surface area contributed by atoms with Gasteiger partial charge in [0.25, 0.3) is 0 Å². The van der Waals surface area contributed by atoms with Crippen molar-refractivity contribution in [1.82, 2.24) is 0 Å². The van der Waals surface area contributed by atoms with Crippen molar-refractivity contribution in [1.29, 1.82) is 0 Å². The monoisotopic (exact) mass is 257 g/mol. The molecule has 17 heavy (non-hydrogen) atoms. The molecular weight excluding hydrogens is 241 g/mol. The summed E-state index contributed by atoms with van der Waals surface area (Å²) < 4.78 is 18.9. The van der Waals surface area contributed by atoms with Crippen LogP contribution >= 0.6 is 11.6 Å². The van der Waals surface area contributed by atoms with E-state index in [0.29, 0.717) is 17.5 Å². The molecule has 1 saturated carbocycles. The SMILES string of the molecule is CCOc1c(F)cc([C@H](N)C2CCC2)cc1Cl. The molecule has 4 heteroatoms. The van der Waals surface area contributed by atoms with E-state index in [9.17, 15) is 4.39 Å². The van der Waals surface area contributed by atoms with Crippen LogP contribution in [0.4, 0.5) is 4.39 Å². The minimum atomic E-state index is -0.427. The number of hydrogen-bond donors (Lipinski definition) is 1. The van der Waals surface area contributed by atoms with Gasteiger partial charge in [0.1, 0.15) is 0 Å². The van der Waals surface area contributed by atoms with Crippen LogP contribution in [0.25, 0.3) is 0 Å². The Kier molecular flexibility index (Phi) is 3.89. The lowest BCUT2D eigenvalue weighted by Crippen LogP contribution is -2.26. The van der Waals surface area contributed by atoms with Gasteiger partial charge in [-0.15, -0.1) is 0 Å². The van der Waals surface area contributed by atoms with Gasteiger partial charge in [-0.25, -0.2) is 4.39 Å². The summed E-state index contributed by atoms with van der Waals surface area (Å²) in [7, 11) is 0. The zero-order chi connectivity index (χ0) is 12.4. The van der Waals surface area contributed by atoms with Crippen molar-refractivity contribution in [3.05, 3.63) is 28.5 Å². The highest BCUT2D eigenvalue weighted by atomic mass is 35.5. The molecule has 0 saturated heterocycles. The summed E-state index contributed by atoms with van der Waals surface area (Å²) in [5.74, 6) is 0.159. The lowest BCUT2D eigenvalue weighted by molar-refractivity contribution is 0.263. The minimum absolute atomic E-state index is 0.119. The fourth-order valence-corrected chi connectivity index (χ4v) is 2.40. The van der Waals surface area contributed by atoms with Crippen molar-refractivity contribution in [2.24, 2.45) is 11.7 Å². The predicted molar refractivity (Wildman–Crippen MR) is 66.8 cm³/mol. The molecule has 1 atom stereocenters. The molecule has 1 aromatic rings. The second kappa shape index (κ2) is 5.23. The van der Waals surface area contributed by atoms with Gasteiger partial charge in [0.2, 0.25) is 0 Å². The van der Waals surface area contributed by atoms with Crippen LogP contribution in [0.2, 0.25) is 5.02 Å². The highest BCUT2D eigenvalue weighted by Crippen LogP contribution is 2.39. The van der Waals surface area contributed by atoms with E-state index in [-0.39, 0.29) is 11.8 Å². The smallest absolute Gasteiger partial charge is 0.173 e. The number of halogens is 2. The highest BCUT2D eigenvalue weighted by Gasteiger charge is 2.26. The van der Waals surface area contributed by atoms with Crippen molar-refractivity contribution in [2.75, 3.05) is 6.61 Å². The van der Waals surface area contributed by atoms with Gasteiger partial charge in [-0.2, -0.15) is 0 Å². The van der Waals surface area contributed by atoms with E-state index >= 15 is 0 Å². The van der Waals surface area contributed by atoms with E-state index in [1.54, 1.807) is 13.0 Å². The minimum Gasteiger partial charge on any atom is -0.489 e. The van der Waals surface area contributed by atoms with E-state index in [1.165, 1.54) is 12.5 Å². The van der Waals surface area contributed by atoms with Crippen LogP contribution in [0, 0.1) is 11.7 Å². The van der Waals surface area contributed by atoms with Crippen LogP contribution in [-0.4, -0.2) is 6.61 Å². The Morgan fingerprint density at radius 3 is 2.71 bits per heavy atom. The van der Waals surface area contributed by atoms with Crippen LogP contribution in [0.1, 0.15) is 37.8 Å². The average molecular weight is 258 g/mol. The first kappa shape index (κ1) is 12.7. The normalized spacial score (nSPS) is 17.6. The van der Waals surface area contributed by atoms with Crippen molar-refractivity contribution >= 4 is 11.6 Å². The van der Waals surface area contributed by atoms with Gasteiger partial charge in [0.15, 0.2) is 11.6 Å². The molecule has 1 fully saturated rings. The summed E-state index contributed by atoms with van der Waals surface area (Å²) in [5, 5.41) is 0.302. The summed E-state index contributed by atoms with van der Waals surface area (Å²) in [6.45, 7) is 2.19. The number of ether oxygens (including phenoxy) is 1. The van der Waals surface area contributed by atoms with Crippen LogP contribution < -0.4 is 10.5 Å². The summed E-state index contributed by atoms with van der Waals surface area (Å²) in [5.41, 5.74) is 6.86. The molecule has 94 valence electrons. The Labute approximate surface area is 106 Å². The molecule has 0 heterocycles. The van der Waals surface area contributed by atoms with Crippen LogP contribution in [-0.2, 0) is 0 Å². The van der Waals surface area contributed by atoms with E-state index in [1.807, 2.05) is 0 Å². The molecule has 1 aliphatic carbocycles. The second-order valence-corrected chi connectivity index (χ2v) is 4.87. The molecule has 2 N–H and O–H groups in total. The number of rotatable bonds is 4. The molecule has 1 aliphatic rings. The van der Waals surface area contributed by atoms with Crippen molar-refractivity contribution in [2.45, 2.75) is 32.2 Å². The van der Waals surface area contributed by atoms with Crippen LogP contribution in [0.15, 0.2) is 12.1 Å². The lowest BCUT2D eigenvalue weighted by atomic mass is 9.77. The van der Waals surface area contributed by atoms with Crippen LogP contribution in [0.3, 0.4) is 0 Å². The number of hydrogen-bond acceptors (Lipinski definition) is 2. The number of nitrogens with two attached hydrogens (primary N) is 1. The first-order chi connectivity index (χ1) is 8.13. The number of benzene rings is 1. The molecule has 0 bridgehead atoms. The Bertz CT molecular complexity index is 383. The third-order valence-corrected chi connectivity index (χ3v) is 3.63. The largest absolute Gasteiger partial charge is 0.489 e. The van der Waals surface area contributed by atoms with Crippen LogP contribution in [0.5, 0.6) is 5.75 Å². The Balaban J connectivity index is 2.24. The first-order valence-electron chi connectivity index (χ1n) is 6.00. The van der Waals surface area contributed by atoms with E-state index < -0.39 is 5.82 Å². The molecule has 2 rings (SSSR count). The Hall–Kier alpha value is -0.800. The maximum absolute atomic E-state index is 13.8. The molecule has 0 unspecified atom stereocenters. The van der Waals surface area contributed by atoms with Gasteiger partial charge in [0, 0.05) is 6.04 Å². The van der Waals surface area contributed by atoms with Gasteiger partial charge in [-0.1, -0.05) is 18.0 Å². The summed E-state index contributed by atoms with van der Waals surface area (Å²) in [4.78, 5) is 0. The van der Waals surface area contributed by atoms with Crippen molar-refractivity contribution in [3.63, 3.8) is 0 Å². The lowest BCUT2D eigenvalue weighted by Gasteiger charge is -2.31. The first-order valence-corrected chi connectivity index (χ1v) is 6.38. The summed E-state index contributed by atoms with van der Waals surface area (Å²) in [6.07, 6.45) is 3.45. The maximum Gasteiger partial charge on any atom is 0.173 e. The van der Waals surface area contributed by atoms with E-state index in [2.05, 4.69) is 0 Å². The van der Waals surface area contributed by atoms with Gasteiger partial charge in [-0.05, 0) is 43.4 Å². The standard InChI is InChI=1S/C13H17ClFNO/c1-2-17-13-10(14)6-9(7-11(13)15)12(16)8-4-3-5-8/h6-8,12H,2-5,16H2,1H3/t12-/m1/s1. The maximum atomic E-state index is 13.8. The van der Waals surface area contributed by atoms with Gasteiger partial charge < -0.3 is 10.5 Å².